The minimum atomic E-state index is -0.914. The molecule has 6 nitrogen and oxygen atoms in total. The van der Waals surface area contributed by atoms with E-state index in [1.807, 2.05) is 19.9 Å². The molecule has 0 bridgehead atoms. The largest absolute Gasteiger partial charge is 0.493 e. The zero-order chi connectivity index (χ0) is 18.4. The van der Waals surface area contributed by atoms with Crippen LogP contribution in [0.3, 0.4) is 0 Å². The molecule has 1 amide bonds. The molecule has 2 rings (SSSR count). The summed E-state index contributed by atoms with van der Waals surface area (Å²) in [5, 5.41) is 11.0. The van der Waals surface area contributed by atoms with Crippen LogP contribution in [-0.4, -0.2) is 25.0 Å². The number of amides is 1. The van der Waals surface area contributed by atoms with E-state index in [-0.39, 0.29) is 12.3 Å². The van der Waals surface area contributed by atoms with Crippen molar-refractivity contribution in [2.45, 2.75) is 20.5 Å². The number of nitrogens with zero attached hydrogens (tertiary/aromatic N) is 1. The second-order valence-corrected chi connectivity index (χ2v) is 5.60. The lowest BCUT2D eigenvalue weighted by Gasteiger charge is -2.20. The lowest BCUT2D eigenvalue weighted by Crippen LogP contribution is -2.28. The zero-order valence-corrected chi connectivity index (χ0v) is 15.0. The second kappa shape index (κ2) is 8.60. The van der Waals surface area contributed by atoms with E-state index in [1.54, 1.807) is 30.3 Å². The number of carbonyl (C=O) groups excluding carboxylic acids is 1. The third kappa shape index (κ3) is 4.55. The van der Waals surface area contributed by atoms with Gasteiger partial charge in [0.15, 0.2) is 0 Å². The monoisotopic (exact) mass is 365 g/mol. The Morgan fingerprint density at radius 3 is 2.60 bits per heavy atom. The summed E-state index contributed by atoms with van der Waals surface area (Å²) in [6, 6.07) is 10.4. The summed E-state index contributed by atoms with van der Waals surface area (Å²) in [5.74, 6) is 0.985. The first-order valence-electron chi connectivity index (χ1n) is 7.68. The van der Waals surface area contributed by atoms with E-state index >= 15 is 0 Å². The predicted molar refractivity (Wildman–Crippen MR) is 94.8 cm³/mol. The maximum Gasteiger partial charge on any atom is 0.438 e. The molecule has 0 aliphatic rings. The Kier molecular flexibility index (Phi) is 6.50. The molecule has 0 fully saturated rings. The fourth-order valence-electron chi connectivity index (χ4n) is 2.25. The van der Waals surface area contributed by atoms with Gasteiger partial charge in [-0.25, -0.2) is 4.79 Å². The predicted octanol–water partition coefficient (Wildman–Crippen LogP) is 4.59. The summed E-state index contributed by atoms with van der Waals surface area (Å²) in [4.78, 5) is 11.7. The highest BCUT2D eigenvalue weighted by molar-refractivity contribution is 6.32. The number of benzene rings is 2. The van der Waals surface area contributed by atoms with E-state index in [0.29, 0.717) is 33.8 Å². The van der Waals surface area contributed by atoms with Gasteiger partial charge in [-0.15, -0.1) is 0 Å². The Hall–Kier alpha value is -2.44. The molecular formula is C18H20ClNO5. The van der Waals surface area contributed by atoms with Crippen molar-refractivity contribution >= 4 is 23.4 Å². The van der Waals surface area contributed by atoms with Crippen LogP contribution in [0.5, 0.6) is 11.5 Å². The molecular weight excluding hydrogens is 346 g/mol. The first kappa shape index (κ1) is 18.9. The number of ether oxygens (including phenoxy) is 3. The Morgan fingerprint density at radius 1 is 1.20 bits per heavy atom. The summed E-state index contributed by atoms with van der Waals surface area (Å²) < 4.78 is 15.9. The fourth-order valence-corrected chi connectivity index (χ4v) is 2.54. The molecule has 134 valence electrons. The second-order valence-electron chi connectivity index (χ2n) is 5.19. The van der Waals surface area contributed by atoms with Crippen molar-refractivity contribution in [1.82, 2.24) is 0 Å². The Balaban J connectivity index is 2.34. The van der Waals surface area contributed by atoms with Gasteiger partial charge in [-0.05, 0) is 43.7 Å². The number of halogens is 1. The number of hydrogen-bond acceptors (Lipinski definition) is 5. The zero-order valence-electron chi connectivity index (χ0n) is 14.3. The Bertz CT molecular complexity index is 750. The van der Waals surface area contributed by atoms with Gasteiger partial charge in [-0.2, -0.15) is 5.06 Å². The number of rotatable bonds is 6. The van der Waals surface area contributed by atoms with Gasteiger partial charge < -0.3 is 14.2 Å². The number of anilines is 1. The summed E-state index contributed by atoms with van der Waals surface area (Å²) in [6.07, 6.45) is -0.914. The standard InChI is InChI=1S/C18H20ClNO5/c1-4-24-16-7-5-6-15(20(22)18(21)23-3)13(16)11-25-17-9-8-12(2)10-14(17)19/h5-10,22H,4,11H2,1-3H3. The van der Waals surface area contributed by atoms with Crippen LogP contribution < -0.4 is 14.5 Å². The molecule has 0 heterocycles. The minimum Gasteiger partial charge on any atom is -0.493 e. The van der Waals surface area contributed by atoms with Crippen molar-refractivity contribution in [2.75, 3.05) is 18.8 Å². The third-order valence-electron chi connectivity index (χ3n) is 3.44. The maximum atomic E-state index is 11.7. The fraction of sp³-hybridized carbons (Fsp3) is 0.278. The average Bonchev–Trinajstić information content (AvgIpc) is 2.60. The third-order valence-corrected chi connectivity index (χ3v) is 3.74. The van der Waals surface area contributed by atoms with Crippen LogP contribution in [0.15, 0.2) is 36.4 Å². The first-order valence-corrected chi connectivity index (χ1v) is 8.06. The molecule has 2 aromatic rings. The molecule has 7 heteroatoms. The minimum absolute atomic E-state index is 0.0440. The van der Waals surface area contributed by atoms with Gasteiger partial charge >= 0.3 is 6.09 Å². The molecule has 0 unspecified atom stereocenters. The van der Waals surface area contributed by atoms with Crippen LogP contribution in [0, 0.1) is 6.92 Å². The van der Waals surface area contributed by atoms with Crippen LogP contribution >= 0.6 is 11.6 Å². The molecule has 0 saturated heterocycles. The number of hydrogen-bond donors (Lipinski definition) is 1. The van der Waals surface area contributed by atoms with E-state index in [1.165, 1.54) is 7.11 Å². The Morgan fingerprint density at radius 2 is 1.96 bits per heavy atom. The number of carbonyl (C=O) groups is 1. The van der Waals surface area contributed by atoms with Crippen molar-refractivity contribution in [3.8, 4) is 11.5 Å². The van der Waals surface area contributed by atoms with Gasteiger partial charge in [0.2, 0.25) is 0 Å². The van der Waals surface area contributed by atoms with Crippen LogP contribution in [-0.2, 0) is 11.3 Å². The van der Waals surface area contributed by atoms with Crippen LogP contribution in [0.2, 0.25) is 5.02 Å². The van der Waals surface area contributed by atoms with Crippen molar-refractivity contribution in [2.24, 2.45) is 0 Å². The Labute approximate surface area is 151 Å². The van der Waals surface area contributed by atoms with E-state index in [0.717, 1.165) is 5.56 Å². The van der Waals surface area contributed by atoms with Gasteiger partial charge in [0, 0.05) is 0 Å². The van der Waals surface area contributed by atoms with Crippen LogP contribution in [0.1, 0.15) is 18.1 Å². The van der Waals surface area contributed by atoms with E-state index in [9.17, 15) is 10.0 Å². The molecule has 0 atom stereocenters. The topological polar surface area (TPSA) is 68.2 Å². The molecule has 1 N–H and O–H groups in total. The molecule has 0 aromatic heterocycles. The maximum absolute atomic E-state index is 11.7. The number of aryl methyl sites for hydroxylation is 1. The molecule has 2 aromatic carbocycles. The van der Waals surface area contributed by atoms with Gasteiger partial charge in [-0.3, -0.25) is 5.21 Å². The SMILES string of the molecule is CCOc1cccc(N(O)C(=O)OC)c1COc1ccc(C)cc1Cl. The highest BCUT2D eigenvalue weighted by atomic mass is 35.5. The van der Waals surface area contributed by atoms with Crippen LogP contribution in [0.25, 0.3) is 0 Å². The summed E-state index contributed by atoms with van der Waals surface area (Å²) >= 11 is 6.18. The van der Waals surface area contributed by atoms with Gasteiger partial charge in [0.1, 0.15) is 18.1 Å². The molecule has 0 radical (unpaired) electrons. The molecule has 0 aliphatic carbocycles. The van der Waals surface area contributed by atoms with Crippen molar-refractivity contribution < 1.29 is 24.2 Å². The molecule has 25 heavy (non-hydrogen) atoms. The molecule has 0 aliphatic heterocycles. The molecule has 0 saturated carbocycles. The van der Waals surface area contributed by atoms with Crippen molar-refractivity contribution in [3.63, 3.8) is 0 Å². The average molecular weight is 366 g/mol. The van der Waals surface area contributed by atoms with E-state index < -0.39 is 6.09 Å². The normalized spacial score (nSPS) is 10.3. The van der Waals surface area contributed by atoms with E-state index in [4.69, 9.17) is 21.1 Å². The van der Waals surface area contributed by atoms with Gasteiger partial charge in [0.05, 0.1) is 30.0 Å². The number of methoxy groups -OCH3 is 1. The first-order chi connectivity index (χ1) is 12.0. The van der Waals surface area contributed by atoms with Crippen LogP contribution in [0.4, 0.5) is 10.5 Å². The highest BCUT2D eigenvalue weighted by Gasteiger charge is 2.21. The van der Waals surface area contributed by atoms with Crippen molar-refractivity contribution in [1.29, 1.82) is 0 Å². The summed E-state index contributed by atoms with van der Waals surface area (Å²) in [5.41, 5.74) is 1.72. The van der Waals surface area contributed by atoms with Crippen molar-refractivity contribution in [3.05, 3.63) is 52.5 Å². The quantitative estimate of drug-likeness (QED) is 0.599. The lowest BCUT2D eigenvalue weighted by atomic mass is 10.1. The highest BCUT2D eigenvalue weighted by Crippen LogP contribution is 2.32. The summed E-state index contributed by atoms with van der Waals surface area (Å²) in [6.45, 7) is 4.23. The lowest BCUT2D eigenvalue weighted by molar-refractivity contribution is 0.140. The molecule has 0 spiro atoms. The number of hydroxylamine groups is 1. The summed E-state index contributed by atoms with van der Waals surface area (Å²) in [7, 11) is 1.18. The van der Waals surface area contributed by atoms with Gasteiger partial charge in [-0.1, -0.05) is 23.7 Å². The van der Waals surface area contributed by atoms with E-state index in [2.05, 4.69) is 4.74 Å². The smallest absolute Gasteiger partial charge is 0.438 e. The van der Waals surface area contributed by atoms with Gasteiger partial charge in [0.25, 0.3) is 0 Å².